The molecule has 2 aromatic rings. The van der Waals surface area contributed by atoms with Crippen LogP contribution in [0.5, 0.6) is 0 Å². The van der Waals surface area contributed by atoms with Crippen LogP contribution in [0, 0.1) is 11.3 Å². The standard InChI is InChI=1S/C24H32ClN7O2/c1-24(14-34-15-24)31-5-3-30(4-6-31)22-10-21(17(11-26)9-20(22)25)29-18-12-28-32(13-18)19-7-16(8-19)23(33)27-2/h9-13,16,19,26,29H,3-8,14-15H2,1-2H3,(H,27,33). The van der Waals surface area contributed by atoms with Gasteiger partial charge in [0.15, 0.2) is 0 Å². The van der Waals surface area contributed by atoms with Crippen LogP contribution in [0.3, 0.4) is 0 Å². The van der Waals surface area contributed by atoms with Crippen LogP contribution >= 0.6 is 11.6 Å². The van der Waals surface area contributed by atoms with Crippen LogP contribution in [0.25, 0.3) is 0 Å². The van der Waals surface area contributed by atoms with Gasteiger partial charge in [0.05, 0.1) is 47.4 Å². The molecule has 2 saturated heterocycles. The number of hydrogen-bond donors (Lipinski definition) is 3. The van der Waals surface area contributed by atoms with Gasteiger partial charge in [-0.2, -0.15) is 5.10 Å². The van der Waals surface area contributed by atoms with E-state index in [2.05, 4.69) is 32.5 Å². The molecule has 0 unspecified atom stereocenters. The summed E-state index contributed by atoms with van der Waals surface area (Å²) < 4.78 is 7.36. The molecular weight excluding hydrogens is 454 g/mol. The Labute approximate surface area is 204 Å². The molecule has 0 spiro atoms. The van der Waals surface area contributed by atoms with Gasteiger partial charge in [-0.1, -0.05) is 11.6 Å². The summed E-state index contributed by atoms with van der Waals surface area (Å²) in [5.41, 5.74) is 3.54. The topological polar surface area (TPSA) is 98.5 Å². The Morgan fingerprint density at radius 3 is 2.62 bits per heavy atom. The fraction of sp³-hybridized carbons (Fsp3) is 0.542. The third-order valence-electron chi connectivity index (χ3n) is 7.47. The van der Waals surface area contributed by atoms with Crippen molar-refractivity contribution in [3.05, 3.63) is 35.1 Å². The largest absolute Gasteiger partial charge is 0.377 e. The van der Waals surface area contributed by atoms with E-state index in [9.17, 15) is 4.79 Å². The quantitative estimate of drug-likeness (QED) is 0.522. The number of aromatic nitrogens is 2. The van der Waals surface area contributed by atoms with Crippen LogP contribution in [0.4, 0.5) is 17.1 Å². The molecule has 34 heavy (non-hydrogen) atoms. The van der Waals surface area contributed by atoms with Gasteiger partial charge in [-0.25, -0.2) is 0 Å². The minimum absolute atomic E-state index is 0.0684. The average molecular weight is 486 g/mol. The molecule has 0 atom stereocenters. The molecular formula is C24H32ClN7O2. The van der Waals surface area contributed by atoms with Crippen molar-refractivity contribution in [1.82, 2.24) is 20.0 Å². The molecule has 0 radical (unpaired) electrons. The highest BCUT2D eigenvalue weighted by Gasteiger charge is 2.40. The summed E-state index contributed by atoms with van der Waals surface area (Å²) >= 11 is 6.65. The predicted octanol–water partition coefficient (Wildman–Crippen LogP) is 2.89. The molecule has 182 valence electrons. The molecule has 5 rings (SSSR count). The molecule has 10 heteroatoms. The first-order valence-electron chi connectivity index (χ1n) is 11.8. The summed E-state index contributed by atoms with van der Waals surface area (Å²) in [5.74, 6) is 0.167. The smallest absolute Gasteiger partial charge is 0.223 e. The van der Waals surface area contributed by atoms with E-state index in [4.69, 9.17) is 21.7 Å². The van der Waals surface area contributed by atoms with Gasteiger partial charge >= 0.3 is 0 Å². The molecule has 0 bridgehead atoms. The van der Waals surface area contributed by atoms with Crippen LogP contribution in [-0.2, 0) is 9.53 Å². The molecule has 3 N–H and O–H groups in total. The predicted molar refractivity (Wildman–Crippen MR) is 134 cm³/mol. The molecule has 3 aliphatic rings. The Bertz CT molecular complexity index is 1070. The number of amides is 1. The molecule has 2 aliphatic heterocycles. The number of carbonyl (C=O) groups excluding carboxylic acids is 1. The van der Waals surface area contributed by atoms with Gasteiger partial charge < -0.3 is 25.7 Å². The molecule has 1 aromatic carbocycles. The summed E-state index contributed by atoms with van der Waals surface area (Å²) in [7, 11) is 1.68. The Kier molecular flexibility index (Phi) is 6.26. The number of nitrogens with zero attached hydrogens (tertiary/aromatic N) is 4. The first-order chi connectivity index (χ1) is 16.4. The highest BCUT2D eigenvalue weighted by Crippen LogP contribution is 2.39. The van der Waals surface area contributed by atoms with Crippen molar-refractivity contribution >= 4 is 40.8 Å². The van der Waals surface area contributed by atoms with E-state index in [1.54, 1.807) is 13.2 Å². The van der Waals surface area contributed by atoms with Gasteiger partial charge in [0, 0.05) is 62.8 Å². The van der Waals surface area contributed by atoms with E-state index in [-0.39, 0.29) is 23.4 Å². The summed E-state index contributed by atoms with van der Waals surface area (Å²) in [6.07, 6.45) is 6.67. The van der Waals surface area contributed by atoms with Crippen molar-refractivity contribution in [2.45, 2.75) is 31.3 Å². The van der Waals surface area contributed by atoms with E-state index in [1.807, 2.05) is 23.0 Å². The number of piperazine rings is 1. The van der Waals surface area contributed by atoms with Crippen LogP contribution in [0.15, 0.2) is 24.5 Å². The number of ether oxygens (including phenoxy) is 1. The van der Waals surface area contributed by atoms with Crippen molar-refractivity contribution in [3.8, 4) is 0 Å². The summed E-state index contributed by atoms with van der Waals surface area (Å²) in [4.78, 5) is 16.6. The highest BCUT2D eigenvalue weighted by molar-refractivity contribution is 6.33. The second-order valence-corrected chi connectivity index (χ2v) is 10.2. The maximum absolute atomic E-state index is 11.8. The summed E-state index contributed by atoms with van der Waals surface area (Å²) in [5, 5.41) is 19.2. The number of carbonyl (C=O) groups is 1. The van der Waals surface area contributed by atoms with Crippen LogP contribution in [0.1, 0.15) is 31.4 Å². The first kappa shape index (κ1) is 23.1. The van der Waals surface area contributed by atoms with Gasteiger partial charge in [-0.3, -0.25) is 14.4 Å². The fourth-order valence-corrected chi connectivity index (χ4v) is 5.39. The van der Waals surface area contributed by atoms with Crippen molar-refractivity contribution in [2.75, 3.05) is 56.7 Å². The van der Waals surface area contributed by atoms with Gasteiger partial charge in [0.1, 0.15) is 0 Å². The third kappa shape index (κ3) is 4.28. The van der Waals surface area contributed by atoms with E-state index < -0.39 is 0 Å². The number of rotatable bonds is 7. The van der Waals surface area contributed by atoms with E-state index in [0.717, 1.165) is 74.9 Å². The lowest BCUT2D eigenvalue weighted by molar-refractivity contribution is -0.131. The maximum atomic E-state index is 11.8. The SMILES string of the molecule is CNC(=O)C1CC(n2cc(Nc3cc(N4CCN(C5(C)COC5)CC4)c(Cl)cc3C=N)cn2)C1. The maximum Gasteiger partial charge on any atom is 0.223 e. The molecule has 1 saturated carbocycles. The lowest BCUT2D eigenvalue weighted by atomic mass is 9.80. The van der Waals surface area contributed by atoms with Gasteiger partial charge in [-0.15, -0.1) is 0 Å². The van der Waals surface area contributed by atoms with Crippen molar-refractivity contribution in [3.63, 3.8) is 0 Å². The van der Waals surface area contributed by atoms with Crippen LogP contribution < -0.4 is 15.5 Å². The zero-order valence-corrected chi connectivity index (χ0v) is 20.4. The zero-order chi connectivity index (χ0) is 23.9. The van der Waals surface area contributed by atoms with Crippen molar-refractivity contribution < 1.29 is 9.53 Å². The van der Waals surface area contributed by atoms with Crippen LogP contribution in [-0.4, -0.2) is 78.8 Å². The zero-order valence-electron chi connectivity index (χ0n) is 19.7. The fourth-order valence-electron chi connectivity index (χ4n) is 5.09. The molecule has 3 fully saturated rings. The number of nitrogens with one attached hydrogen (secondary N) is 3. The number of benzene rings is 1. The first-order valence-corrected chi connectivity index (χ1v) is 12.2. The molecule has 9 nitrogen and oxygen atoms in total. The summed E-state index contributed by atoms with van der Waals surface area (Å²) in [6.45, 7) is 7.60. The Morgan fingerprint density at radius 1 is 1.26 bits per heavy atom. The normalized spacial score (nSPS) is 24.1. The lowest BCUT2D eigenvalue weighted by Gasteiger charge is -2.50. The minimum Gasteiger partial charge on any atom is -0.377 e. The van der Waals surface area contributed by atoms with E-state index in [1.165, 1.54) is 6.21 Å². The second-order valence-electron chi connectivity index (χ2n) is 9.77. The third-order valence-corrected chi connectivity index (χ3v) is 7.77. The van der Waals surface area contributed by atoms with Crippen LogP contribution in [0.2, 0.25) is 5.02 Å². The van der Waals surface area contributed by atoms with E-state index in [0.29, 0.717) is 5.02 Å². The Morgan fingerprint density at radius 2 is 2.00 bits per heavy atom. The van der Waals surface area contributed by atoms with Gasteiger partial charge in [-0.05, 0) is 31.9 Å². The lowest BCUT2D eigenvalue weighted by Crippen LogP contribution is -2.64. The molecule has 1 aliphatic carbocycles. The second kappa shape index (κ2) is 9.20. The highest BCUT2D eigenvalue weighted by atomic mass is 35.5. The summed E-state index contributed by atoms with van der Waals surface area (Å²) in [6, 6.07) is 4.12. The number of halogens is 1. The van der Waals surface area contributed by atoms with Crippen molar-refractivity contribution in [1.29, 1.82) is 5.41 Å². The number of anilines is 3. The molecule has 3 heterocycles. The minimum atomic E-state index is 0.0684. The number of hydrogen-bond acceptors (Lipinski definition) is 7. The van der Waals surface area contributed by atoms with E-state index >= 15 is 0 Å². The average Bonchev–Trinajstić information content (AvgIpc) is 3.25. The van der Waals surface area contributed by atoms with Gasteiger partial charge in [0.25, 0.3) is 0 Å². The Balaban J connectivity index is 1.27. The van der Waals surface area contributed by atoms with Crippen molar-refractivity contribution in [2.24, 2.45) is 5.92 Å². The molecule has 1 amide bonds. The monoisotopic (exact) mass is 485 g/mol. The molecule has 1 aromatic heterocycles. The van der Waals surface area contributed by atoms with Gasteiger partial charge in [0.2, 0.25) is 5.91 Å². The Hall–Kier alpha value is -2.62.